The summed E-state index contributed by atoms with van der Waals surface area (Å²) in [7, 11) is -2.65. The number of carbonyl (C=O) groups is 1. The van der Waals surface area contributed by atoms with Crippen molar-refractivity contribution in [3.63, 3.8) is 0 Å². The van der Waals surface area contributed by atoms with Gasteiger partial charge in [0.05, 0.1) is 12.0 Å². The number of esters is 1. The molecule has 0 amide bonds. The van der Waals surface area contributed by atoms with E-state index in [4.69, 9.17) is 0 Å². The van der Waals surface area contributed by atoms with Gasteiger partial charge in [0.2, 0.25) is 0 Å². The summed E-state index contributed by atoms with van der Waals surface area (Å²) >= 11 is 0. The Morgan fingerprint density at radius 3 is 2.56 bits per heavy atom. The van der Waals surface area contributed by atoms with E-state index < -0.39 is 27.4 Å². The van der Waals surface area contributed by atoms with Crippen LogP contribution >= 0.6 is 0 Å². The first-order chi connectivity index (χ1) is 7.36. The SMILES string of the molecule is COC(=O)CS(=O)(=O)c1ccc(F)c(C)c1. The van der Waals surface area contributed by atoms with Crippen molar-refractivity contribution in [2.75, 3.05) is 12.9 Å². The number of sulfone groups is 1. The monoisotopic (exact) mass is 246 g/mol. The van der Waals surface area contributed by atoms with Crippen LogP contribution < -0.4 is 0 Å². The van der Waals surface area contributed by atoms with E-state index in [2.05, 4.69) is 4.74 Å². The van der Waals surface area contributed by atoms with Crippen LogP contribution in [0.2, 0.25) is 0 Å². The molecule has 4 nitrogen and oxygen atoms in total. The number of hydrogen-bond donors (Lipinski definition) is 0. The van der Waals surface area contributed by atoms with Crippen LogP contribution in [-0.2, 0) is 19.4 Å². The van der Waals surface area contributed by atoms with Gasteiger partial charge in [-0.25, -0.2) is 12.8 Å². The average molecular weight is 246 g/mol. The summed E-state index contributed by atoms with van der Waals surface area (Å²) in [5, 5.41) is 0. The normalized spacial score (nSPS) is 11.2. The predicted octanol–water partition coefficient (Wildman–Crippen LogP) is 1.08. The van der Waals surface area contributed by atoms with Crippen molar-refractivity contribution >= 4 is 15.8 Å². The van der Waals surface area contributed by atoms with Crippen LogP contribution in [0.15, 0.2) is 23.1 Å². The summed E-state index contributed by atoms with van der Waals surface area (Å²) in [5.41, 5.74) is 0.214. The lowest BCUT2D eigenvalue weighted by Gasteiger charge is -2.04. The zero-order chi connectivity index (χ0) is 12.3. The molecule has 0 aliphatic rings. The van der Waals surface area contributed by atoms with E-state index in [-0.39, 0.29) is 10.5 Å². The van der Waals surface area contributed by atoms with Crippen LogP contribution in [0, 0.1) is 12.7 Å². The maximum atomic E-state index is 12.9. The standard InChI is InChI=1S/C10H11FO4S/c1-7-5-8(3-4-9(7)11)16(13,14)6-10(12)15-2/h3-5H,6H2,1-2H3. The zero-order valence-corrected chi connectivity index (χ0v) is 9.67. The van der Waals surface area contributed by atoms with Gasteiger partial charge in [-0.1, -0.05) is 0 Å². The minimum Gasteiger partial charge on any atom is -0.468 e. The third-order valence-electron chi connectivity index (χ3n) is 2.02. The van der Waals surface area contributed by atoms with Gasteiger partial charge >= 0.3 is 5.97 Å². The minimum absolute atomic E-state index is 0.0863. The first kappa shape index (κ1) is 12.6. The lowest BCUT2D eigenvalue weighted by atomic mass is 10.2. The molecule has 0 aliphatic heterocycles. The molecular formula is C10H11FO4S. The molecule has 0 atom stereocenters. The average Bonchev–Trinajstić information content (AvgIpc) is 2.21. The number of carbonyl (C=O) groups excluding carboxylic acids is 1. The van der Waals surface area contributed by atoms with Crippen molar-refractivity contribution in [3.05, 3.63) is 29.6 Å². The Labute approximate surface area is 93.0 Å². The van der Waals surface area contributed by atoms with Gasteiger partial charge in [-0.3, -0.25) is 4.79 Å². The maximum absolute atomic E-state index is 12.9. The Balaban J connectivity index is 3.08. The molecular weight excluding hydrogens is 235 g/mol. The summed E-state index contributed by atoms with van der Waals surface area (Å²) in [5.74, 6) is -2.08. The van der Waals surface area contributed by atoms with E-state index in [0.717, 1.165) is 19.2 Å². The predicted molar refractivity (Wildman–Crippen MR) is 55.2 cm³/mol. The Hall–Kier alpha value is -1.43. The number of ether oxygens (including phenoxy) is 1. The van der Waals surface area contributed by atoms with E-state index in [1.54, 1.807) is 0 Å². The van der Waals surface area contributed by atoms with Crippen LogP contribution in [0.5, 0.6) is 0 Å². The van der Waals surface area contributed by atoms with Gasteiger partial charge in [0.15, 0.2) is 15.6 Å². The van der Waals surface area contributed by atoms with Gasteiger partial charge in [0, 0.05) is 0 Å². The second kappa shape index (κ2) is 4.61. The molecule has 0 N–H and O–H groups in total. The van der Waals surface area contributed by atoms with E-state index in [1.807, 2.05) is 0 Å². The molecule has 0 unspecified atom stereocenters. The smallest absolute Gasteiger partial charge is 0.321 e. The summed E-state index contributed by atoms with van der Waals surface area (Å²) in [6.07, 6.45) is 0. The molecule has 16 heavy (non-hydrogen) atoms. The molecule has 0 aromatic heterocycles. The molecule has 0 spiro atoms. The van der Waals surface area contributed by atoms with Gasteiger partial charge < -0.3 is 4.74 Å². The first-order valence-corrected chi connectivity index (χ1v) is 6.08. The largest absolute Gasteiger partial charge is 0.468 e. The van der Waals surface area contributed by atoms with Gasteiger partial charge in [-0.2, -0.15) is 0 Å². The molecule has 6 heteroatoms. The Kier molecular flexibility index (Phi) is 3.64. The molecule has 0 saturated carbocycles. The number of hydrogen-bond acceptors (Lipinski definition) is 4. The maximum Gasteiger partial charge on any atom is 0.321 e. The fraction of sp³-hybridized carbons (Fsp3) is 0.300. The number of aryl methyl sites for hydroxylation is 1. The summed E-state index contributed by atoms with van der Waals surface area (Å²) in [6.45, 7) is 1.45. The highest BCUT2D eigenvalue weighted by Crippen LogP contribution is 2.15. The number of rotatable bonds is 3. The van der Waals surface area contributed by atoms with Crippen LogP contribution in [0.3, 0.4) is 0 Å². The van der Waals surface area contributed by atoms with Crippen molar-refractivity contribution in [2.24, 2.45) is 0 Å². The summed E-state index contributed by atoms with van der Waals surface area (Å²) in [4.78, 5) is 10.8. The quantitative estimate of drug-likeness (QED) is 0.591. The zero-order valence-electron chi connectivity index (χ0n) is 8.86. The highest BCUT2D eigenvalue weighted by molar-refractivity contribution is 7.92. The first-order valence-electron chi connectivity index (χ1n) is 4.42. The molecule has 0 bridgehead atoms. The van der Waals surface area contributed by atoms with Crippen molar-refractivity contribution in [2.45, 2.75) is 11.8 Å². The third kappa shape index (κ3) is 2.79. The van der Waals surface area contributed by atoms with Crippen molar-refractivity contribution < 1.29 is 22.3 Å². The fourth-order valence-corrected chi connectivity index (χ4v) is 2.33. The Morgan fingerprint density at radius 1 is 1.44 bits per heavy atom. The van der Waals surface area contributed by atoms with Gasteiger partial charge in [-0.05, 0) is 30.7 Å². The molecule has 1 aromatic rings. The van der Waals surface area contributed by atoms with Crippen LogP contribution in [-0.4, -0.2) is 27.2 Å². The van der Waals surface area contributed by atoms with Crippen molar-refractivity contribution in [1.82, 2.24) is 0 Å². The molecule has 1 rings (SSSR count). The Bertz CT molecular complexity index is 508. The number of methoxy groups -OCH3 is 1. The molecule has 0 aliphatic carbocycles. The lowest BCUT2D eigenvalue weighted by molar-refractivity contribution is -0.137. The number of benzene rings is 1. The van der Waals surface area contributed by atoms with Gasteiger partial charge in [0.25, 0.3) is 0 Å². The fourth-order valence-electron chi connectivity index (χ4n) is 1.11. The second-order valence-electron chi connectivity index (χ2n) is 3.25. The van der Waals surface area contributed by atoms with Crippen LogP contribution in [0.4, 0.5) is 4.39 Å². The Morgan fingerprint density at radius 2 is 2.06 bits per heavy atom. The van der Waals surface area contributed by atoms with E-state index >= 15 is 0 Å². The number of halogens is 1. The molecule has 0 saturated heterocycles. The highest BCUT2D eigenvalue weighted by atomic mass is 32.2. The van der Waals surface area contributed by atoms with Gasteiger partial charge in [0.1, 0.15) is 5.82 Å². The summed E-state index contributed by atoms with van der Waals surface area (Å²) in [6, 6.07) is 3.37. The molecule has 88 valence electrons. The molecule has 1 aromatic carbocycles. The highest BCUT2D eigenvalue weighted by Gasteiger charge is 2.20. The van der Waals surface area contributed by atoms with Gasteiger partial charge in [-0.15, -0.1) is 0 Å². The van der Waals surface area contributed by atoms with E-state index in [1.165, 1.54) is 13.0 Å². The second-order valence-corrected chi connectivity index (χ2v) is 5.24. The van der Waals surface area contributed by atoms with E-state index in [9.17, 15) is 17.6 Å². The molecule has 0 radical (unpaired) electrons. The molecule has 0 heterocycles. The topological polar surface area (TPSA) is 60.4 Å². The molecule has 0 fully saturated rings. The third-order valence-corrected chi connectivity index (χ3v) is 3.61. The summed E-state index contributed by atoms with van der Waals surface area (Å²) < 4.78 is 40.5. The lowest BCUT2D eigenvalue weighted by Crippen LogP contribution is -2.17. The van der Waals surface area contributed by atoms with Crippen LogP contribution in [0.25, 0.3) is 0 Å². The van der Waals surface area contributed by atoms with Crippen molar-refractivity contribution in [1.29, 1.82) is 0 Å². The van der Waals surface area contributed by atoms with Crippen LogP contribution in [0.1, 0.15) is 5.56 Å². The minimum atomic E-state index is -3.75. The van der Waals surface area contributed by atoms with Crippen molar-refractivity contribution in [3.8, 4) is 0 Å². The van der Waals surface area contributed by atoms with E-state index in [0.29, 0.717) is 0 Å².